The van der Waals surface area contributed by atoms with E-state index in [4.69, 9.17) is 9.47 Å². The number of hydrogen-bond acceptors (Lipinski definition) is 4. The number of piperidine rings is 2. The number of nitrogens with zero attached hydrogens (tertiary/aromatic N) is 1. The lowest BCUT2D eigenvalue weighted by Gasteiger charge is -2.44. The molecular formula is C29H32FN3O3. The van der Waals surface area contributed by atoms with Gasteiger partial charge in [-0.2, -0.15) is 0 Å². The number of halogens is 1. The molecule has 7 heteroatoms. The average Bonchev–Trinajstić information content (AvgIpc) is 2.91. The van der Waals surface area contributed by atoms with Gasteiger partial charge in [-0.05, 0) is 112 Å². The fourth-order valence-corrected chi connectivity index (χ4v) is 5.15. The third-order valence-corrected chi connectivity index (χ3v) is 6.97. The Morgan fingerprint density at radius 2 is 1.36 bits per heavy atom. The second kappa shape index (κ2) is 11.4. The maximum absolute atomic E-state index is 13.0. The van der Waals surface area contributed by atoms with Gasteiger partial charge < -0.3 is 20.1 Å². The van der Waals surface area contributed by atoms with Crippen molar-refractivity contribution in [1.29, 1.82) is 0 Å². The lowest BCUT2D eigenvalue weighted by atomic mass is 9.84. The number of rotatable bonds is 7. The van der Waals surface area contributed by atoms with E-state index in [-0.39, 0.29) is 11.8 Å². The molecule has 0 radical (unpaired) electrons. The molecule has 0 bridgehead atoms. The number of urea groups is 1. The van der Waals surface area contributed by atoms with Crippen molar-refractivity contribution < 1.29 is 18.7 Å². The standard InChI is InChI=1S/C29H32FN3O3/c30-22-6-12-26(13-7-22)36-27-16-10-24(11-17-27)32-29(34)31-23-8-14-25(15-9-23)35-20-21-4-3-19-33-18-2-1-5-28(21)33/h6-17,21,28H,1-5,18-20H2,(H2,31,32,34)/t21-,28+/m0/s1. The van der Waals surface area contributed by atoms with Gasteiger partial charge in [-0.1, -0.05) is 6.42 Å². The Hall–Kier alpha value is -3.58. The van der Waals surface area contributed by atoms with Crippen LogP contribution < -0.4 is 20.1 Å². The van der Waals surface area contributed by atoms with E-state index in [0.29, 0.717) is 34.8 Å². The first-order chi connectivity index (χ1) is 17.6. The van der Waals surface area contributed by atoms with Gasteiger partial charge in [-0.3, -0.25) is 4.90 Å². The van der Waals surface area contributed by atoms with Crippen molar-refractivity contribution in [2.45, 2.75) is 38.1 Å². The molecule has 5 rings (SSSR count). The smallest absolute Gasteiger partial charge is 0.323 e. The van der Waals surface area contributed by atoms with E-state index in [1.54, 1.807) is 36.4 Å². The molecule has 3 aromatic carbocycles. The van der Waals surface area contributed by atoms with Crippen LogP contribution in [0.25, 0.3) is 0 Å². The maximum atomic E-state index is 13.0. The van der Waals surface area contributed by atoms with E-state index in [1.165, 1.54) is 57.3 Å². The molecule has 2 aliphatic rings. The second-order valence-electron chi connectivity index (χ2n) is 9.50. The molecule has 2 amide bonds. The van der Waals surface area contributed by atoms with Crippen LogP contribution in [0.2, 0.25) is 0 Å². The summed E-state index contributed by atoms with van der Waals surface area (Å²) < 4.78 is 24.8. The molecule has 0 spiro atoms. The first kappa shape index (κ1) is 24.1. The number of carbonyl (C=O) groups excluding carboxylic acids is 1. The number of hydrogen-bond donors (Lipinski definition) is 2. The highest BCUT2D eigenvalue weighted by Gasteiger charge is 2.33. The Morgan fingerprint density at radius 3 is 2.03 bits per heavy atom. The molecule has 2 aliphatic heterocycles. The minimum absolute atomic E-state index is 0.315. The summed E-state index contributed by atoms with van der Waals surface area (Å²) in [6.45, 7) is 3.21. The first-order valence-corrected chi connectivity index (χ1v) is 12.7. The Bertz CT molecular complexity index is 1130. The number of fused-ring (bicyclic) bond motifs is 1. The minimum atomic E-state index is -0.338. The lowest BCUT2D eigenvalue weighted by Crippen LogP contribution is -2.49. The number of amides is 2. The van der Waals surface area contributed by atoms with Gasteiger partial charge in [0.1, 0.15) is 23.1 Å². The van der Waals surface area contributed by atoms with E-state index in [0.717, 1.165) is 12.4 Å². The molecule has 0 saturated carbocycles. The maximum Gasteiger partial charge on any atom is 0.323 e. The molecule has 188 valence electrons. The van der Waals surface area contributed by atoms with Gasteiger partial charge in [0.2, 0.25) is 0 Å². The highest BCUT2D eigenvalue weighted by atomic mass is 19.1. The van der Waals surface area contributed by atoms with Crippen LogP contribution >= 0.6 is 0 Å². The molecule has 2 saturated heterocycles. The molecule has 3 aromatic rings. The predicted molar refractivity (Wildman–Crippen MR) is 139 cm³/mol. The number of carbonyl (C=O) groups is 1. The van der Waals surface area contributed by atoms with Crippen molar-refractivity contribution >= 4 is 17.4 Å². The fourth-order valence-electron chi connectivity index (χ4n) is 5.15. The normalized spacial score (nSPS) is 19.7. The number of benzene rings is 3. The molecule has 2 N–H and O–H groups in total. The van der Waals surface area contributed by atoms with Crippen molar-refractivity contribution in [1.82, 2.24) is 4.90 Å². The predicted octanol–water partition coefficient (Wildman–Crippen LogP) is 6.91. The van der Waals surface area contributed by atoms with Gasteiger partial charge in [-0.15, -0.1) is 0 Å². The summed E-state index contributed by atoms with van der Waals surface area (Å²) in [5.41, 5.74) is 1.32. The Morgan fingerprint density at radius 1 is 0.778 bits per heavy atom. The molecule has 0 aromatic heterocycles. The monoisotopic (exact) mass is 489 g/mol. The van der Waals surface area contributed by atoms with Crippen molar-refractivity contribution in [3.63, 3.8) is 0 Å². The minimum Gasteiger partial charge on any atom is -0.493 e. The van der Waals surface area contributed by atoms with Gasteiger partial charge in [0.15, 0.2) is 0 Å². The zero-order valence-corrected chi connectivity index (χ0v) is 20.3. The Balaban J connectivity index is 1.08. The number of ether oxygens (including phenoxy) is 2. The summed E-state index contributed by atoms with van der Waals surface area (Å²) in [6, 6.07) is 20.6. The highest BCUT2D eigenvalue weighted by Crippen LogP contribution is 2.31. The van der Waals surface area contributed by atoms with Crippen LogP contribution in [-0.4, -0.2) is 36.7 Å². The molecule has 2 fully saturated rings. The van der Waals surface area contributed by atoms with E-state index < -0.39 is 0 Å². The van der Waals surface area contributed by atoms with Gasteiger partial charge >= 0.3 is 6.03 Å². The van der Waals surface area contributed by atoms with Crippen LogP contribution in [-0.2, 0) is 0 Å². The van der Waals surface area contributed by atoms with Crippen molar-refractivity contribution in [2.75, 3.05) is 30.3 Å². The van der Waals surface area contributed by atoms with Crippen molar-refractivity contribution in [2.24, 2.45) is 5.92 Å². The molecule has 36 heavy (non-hydrogen) atoms. The van der Waals surface area contributed by atoms with Gasteiger partial charge in [0, 0.05) is 23.3 Å². The Kier molecular flexibility index (Phi) is 7.67. The van der Waals surface area contributed by atoms with E-state index >= 15 is 0 Å². The summed E-state index contributed by atoms with van der Waals surface area (Å²) in [5, 5.41) is 5.65. The largest absolute Gasteiger partial charge is 0.493 e. The summed E-state index contributed by atoms with van der Waals surface area (Å²) in [5.74, 6) is 2.23. The molecule has 2 atom stereocenters. The first-order valence-electron chi connectivity index (χ1n) is 12.7. The number of nitrogens with one attached hydrogen (secondary N) is 2. The molecule has 0 aliphatic carbocycles. The van der Waals surface area contributed by atoms with Crippen molar-refractivity contribution in [3.05, 3.63) is 78.6 Å². The summed E-state index contributed by atoms with van der Waals surface area (Å²) in [7, 11) is 0. The third-order valence-electron chi connectivity index (χ3n) is 6.97. The summed E-state index contributed by atoms with van der Waals surface area (Å²) in [6.07, 6.45) is 6.43. The number of anilines is 2. The van der Waals surface area contributed by atoms with Gasteiger partial charge in [0.05, 0.1) is 6.61 Å². The Labute approximate surface area is 211 Å². The third kappa shape index (κ3) is 6.34. The molecule has 6 nitrogen and oxygen atoms in total. The zero-order chi connectivity index (χ0) is 24.7. The van der Waals surface area contributed by atoms with Crippen molar-refractivity contribution in [3.8, 4) is 17.2 Å². The van der Waals surface area contributed by atoms with E-state index in [2.05, 4.69) is 15.5 Å². The van der Waals surface area contributed by atoms with Crippen LogP contribution in [0.3, 0.4) is 0 Å². The summed E-state index contributed by atoms with van der Waals surface area (Å²) in [4.78, 5) is 15.1. The van der Waals surface area contributed by atoms with Crippen LogP contribution in [0.15, 0.2) is 72.8 Å². The van der Waals surface area contributed by atoms with Crippen LogP contribution in [0.4, 0.5) is 20.6 Å². The highest BCUT2D eigenvalue weighted by molar-refractivity contribution is 5.99. The summed E-state index contributed by atoms with van der Waals surface area (Å²) >= 11 is 0. The second-order valence-corrected chi connectivity index (χ2v) is 9.50. The van der Waals surface area contributed by atoms with Crippen LogP contribution in [0, 0.1) is 11.7 Å². The quantitative estimate of drug-likeness (QED) is 0.379. The molecule has 2 heterocycles. The topological polar surface area (TPSA) is 62.8 Å². The molecule has 0 unspecified atom stereocenters. The van der Waals surface area contributed by atoms with E-state index in [9.17, 15) is 9.18 Å². The van der Waals surface area contributed by atoms with Gasteiger partial charge in [-0.25, -0.2) is 9.18 Å². The SMILES string of the molecule is O=C(Nc1ccc(OC[C@@H]2CCCN3CCCC[C@H]23)cc1)Nc1ccc(Oc2ccc(F)cc2)cc1. The van der Waals surface area contributed by atoms with E-state index in [1.807, 2.05) is 24.3 Å². The zero-order valence-electron chi connectivity index (χ0n) is 20.3. The average molecular weight is 490 g/mol. The van der Waals surface area contributed by atoms with Crippen LogP contribution in [0.1, 0.15) is 32.1 Å². The van der Waals surface area contributed by atoms with Gasteiger partial charge in [0.25, 0.3) is 0 Å². The lowest BCUT2D eigenvalue weighted by molar-refractivity contribution is 0.0366. The fraction of sp³-hybridized carbons (Fsp3) is 0.345. The van der Waals surface area contributed by atoms with Crippen LogP contribution in [0.5, 0.6) is 17.2 Å². The molecular weight excluding hydrogens is 457 g/mol.